The van der Waals surface area contributed by atoms with Crippen molar-refractivity contribution in [3.63, 3.8) is 0 Å². The molecule has 1 aromatic carbocycles. The number of anilines is 2. The number of amides is 1. The number of ether oxygens (including phenoxy) is 1. The van der Waals surface area contributed by atoms with Crippen LogP contribution in [0, 0.1) is 0 Å². The van der Waals surface area contributed by atoms with Crippen molar-refractivity contribution in [2.45, 2.75) is 18.4 Å². The molecule has 1 amide bonds. The summed E-state index contributed by atoms with van der Waals surface area (Å²) in [6.07, 6.45) is 2.92. The topological polar surface area (TPSA) is 103 Å². The van der Waals surface area contributed by atoms with Crippen LogP contribution in [0.3, 0.4) is 0 Å². The Kier molecular flexibility index (Phi) is 7.64. The summed E-state index contributed by atoms with van der Waals surface area (Å²) in [6, 6.07) is 8.95. The minimum atomic E-state index is -1.03. The Morgan fingerprint density at radius 1 is 1.32 bits per heavy atom. The number of nitrogens with one attached hydrogen (secondary N) is 2. The Bertz CT molecular complexity index is 878. The van der Waals surface area contributed by atoms with Crippen LogP contribution in [-0.2, 0) is 0 Å². The normalized spacial score (nSPS) is 18.7. The molecule has 31 heavy (non-hydrogen) atoms. The Hall–Kier alpha value is -2.91. The van der Waals surface area contributed by atoms with E-state index in [-0.39, 0.29) is 12.5 Å². The van der Waals surface area contributed by atoms with Crippen LogP contribution >= 0.6 is 0 Å². The lowest BCUT2D eigenvalue weighted by Crippen LogP contribution is -2.54. The highest BCUT2D eigenvalue weighted by atomic mass is 16.5. The van der Waals surface area contributed by atoms with Crippen molar-refractivity contribution in [2.75, 3.05) is 64.1 Å². The van der Waals surface area contributed by atoms with Gasteiger partial charge in [-0.25, -0.2) is 9.97 Å². The molecule has 0 saturated carbocycles. The zero-order chi connectivity index (χ0) is 22.3. The SMILES string of the molecule is CNc1cc(N2CCC[C@@](O)(CNC(=O)c3cccc(OCCN(C)C)c3)C2)ncn1. The summed E-state index contributed by atoms with van der Waals surface area (Å²) in [7, 11) is 5.76. The van der Waals surface area contributed by atoms with Crippen LogP contribution in [0.5, 0.6) is 5.75 Å². The molecule has 3 rings (SSSR count). The van der Waals surface area contributed by atoms with Crippen molar-refractivity contribution < 1.29 is 14.6 Å². The van der Waals surface area contributed by atoms with E-state index in [9.17, 15) is 9.90 Å². The van der Waals surface area contributed by atoms with Gasteiger partial charge in [-0.2, -0.15) is 0 Å². The first-order valence-electron chi connectivity index (χ1n) is 10.5. The third kappa shape index (κ3) is 6.53. The van der Waals surface area contributed by atoms with Gasteiger partial charge in [0.25, 0.3) is 5.91 Å². The van der Waals surface area contributed by atoms with Gasteiger partial charge in [-0.3, -0.25) is 4.79 Å². The van der Waals surface area contributed by atoms with E-state index in [1.807, 2.05) is 36.0 Å². The van der Waals surface area contributed by atoms with E-state index in [2.05, 4.69) is 20.6 Å². The molecule has 9 nitrogen and oxygen atoms in total. The molecule has 1 saturated heterocycles. The van der Waals surface area contributed by atoms with Crippen LogP contribution < -0.4 is 20.3 Å². The third-order valence-corrected chi connectivity index (χ3v) is 5.27. The summed E-state index contributed by atoms with van der Waals surface area (Å²) in [5.41, 5.74) is -0.522. The molecule has 2 aromatic rings. The van der Waals surface area contributed by atoms with Gasteiger partial charge in [-0.1, -0.05) is 6.07 Å². The monoisotopic (exact) mass is 428 g/mol. The number of carbonyl (C=O) groups excluding carboxylic acids is 1. The molecular weight excluding hydrogens is 396 g/mol. The molecule has 168 valence electrons. The highest BCUT2D eigenvalue weighted by molar-refractivity contribution is 5.94. The van der Waals surface area contributed by atoms with Crippen LogP contribution in [0.1, 0.15) is 23.2 Å². The summed E-state index contributed by atoms with van der Waals surface area (Å²) in [6.45, 7) is 2.69. The molecule has 0 radical (unpaired) electrons. The van der Waals surface area contributed by atoms with Crippen LogP contribution in [0.2, 0.25) is 0 Å². The summed E-state index contributed by atoms with van der Waals surface area (Å²) in [5, 5.41) is 17.0. The van der Waals surface area contributed by atoms with E-state index in [0.29, 0.717) is 30.9 Å². The maximum absolute atomic E-state index is 12.7. The summed E-state index contributed by atoms with van der Waals surface area (Å²) in [5.74, 6) is 1.90. The summed E-state index contributed by atoms with van der Waals surface area (Å²) in [4.78, 5) is 25.2. The maximum Gasteiger partial charge on any atom is 0.251 e. The zero-order valence-electron chi connectivity index (χ0n) is 18.5. The standard InChI is InChI=1S/C22H32N6O3/c1-23-19-13-20(26-16-25-19)28-9-5-8-22(30,15-28)14-24-21(29)17-6-4-7-18(12-17)31-11-10-27(2)3/h4,6-7,12-13,16,30H,5,8-11,14-15H2,1-3H3,(H,24,29)(H,23,25,26)/t22-/m1/s1. The fourth-order valence-corrected chi connectivity index (χ4v) is 3.53. The molecule has 1 fully saturated rings. The molecule has 1 aliphatic rings. The molecule has 1 aliphatic heterocycles. The van der Waals surface area contributed by atoms with Gasteiger partial charge in [0.1, 0.15) is 30.3 Å². The summed E-state index contributed by atoms with van der Waals surface area (Å²) < 4.78 is 5.71. The number of rotatable bonds is 9. The smallest absolute Gasteiger partial charge is 0.251 e. The number of β-amino-alcohol motifs (C(OH)–C–C–N with tert-alkyl or cyclic N) is 1. The highest BCUT2D eigenvalue weighted by Crippen LogP contribution is 2.25. The number of aromatic nitrogens is 2. The number of benzene rings is 1. The number of carbonyl (C=O) groups is 1. The second-order valence-electron chi connectivity index (χ2n) is 8.12. The molecule has 9 heteroatoms. The number of aliphatic hydroxyl groups is 1. The fraction of sp³-hybridized carbons (Fsp3) is 0.500. The van der Waals surface area contributed by atoms with E-state index in [4.69, 9.17) is 4.74 Å². The molecular formula is C22H32N6O3. The van der Waals surface area contributed by atoms with Crippen molar-refractivity contribution in [2.24, 2.45) is 0 Å². The first-order chi connectivity index (χ1) is 14.9. The van der Waals surface area contributed by atoms with E-state index >= 15 is 0 Å². The predicted molar refractivity (Wildman–Crippen MR) is 121 cm³/mol. The number of hydrogen-bond acceptors (Lipinski definition) is 8. The van der Waals surface area contributed by atoms with Crippen molar-refractivity contribution in [1.29, 1.82) is 0 Å². The molecule has 2 heterocycles. The predicted octanol–water partition coefficient (Wildman–Crippen LogP) is 1.22. The van der Waals surface area contributed by atoms with E-state index in [0.717, 1.165) is 31.1 Å². The lowest BCUT2D eigenvalue weighted by atomic mass is 9.92. The van der Waals surface area contributed by atoms with Gasteiger partial charge in [0.2, 0.25) is 0 Å². The third-order valence-electron chi connectivity index (χ3n) is 5.27. The molecule has 0 unspecified atom stereocenters. The minimum Gasteiger partial charge on any atom is -0.492 e. The quantitative estimate of drug-likeness (QED) is 0.548. The minimum absolute atomic E-state index is 0.165. The van der Waals surface area contributed by atoms with Gasteiger partial charge in [0.15, 0.2) is 0 Å². The van der Waals surface area contributed by atoms with Gasteiger partial charge in [0, 0.05) is 44.9 Å². The molecule has 1 atom stereocenters. The Morgan fingerprint density at radius 2 is 2.16 bits per heavy atom. The number of nitrogens with zero attached hydrogens (tertiary/aromatic N) is 4. The maximum atomic E-state index is 12.7. The number of hydrogen-bond donors (Lipinski definition) is 3. The van der Waals surface area contributed by atoms with Crippen LogP contribution in [-0.4, -0.2) is 85.4 Å². The number of likely N-dealkylation sites (N-methyl/N-ethyl adjacent to an activating group) is 1. The van der Waals surface area contributed by atoms with E-state index in [1.165, 1.54) is 6.33 Å². The second kappa shape index (κ2) is 10.4. The molecule has 3 N–H and O–H groups in total. The molecule has 0 aliphatic carbocycles. The molecule has 0 spiro atoms. The van der Waals surface area contributed by atoms with Crippen molar-refractivity contribution >= 4 is 17.5 Å². The van der Waals surface area contributed by atoms with E-state index < -0.39 is 5.60 Å². The van der Waals surface area contributed by atoms with Gasteiger partial charge in [-0.15, -0.1) is 0 Å². The van der Waals surface area contributed by atoms with Crippen molar-refractivity contribution in [3.05, 3.63) is 42.2 Å². The Morgan fingerprint density at radius 3 is 2.94 bits per heavy atom. The average Bonchev–Trinajstić information content (AvgIpc) is 2.77. The lowest BCUT2D eigenvalue weighted by Gasteiger charge is -2.39. The first-order valence-corrected chi connectivity index (χ1v) is 10.5. The highest BCUT2D eigenvalue weighted by Gasteiger charge is 2.34. The average molecular weight is 429 g/mol. The van der Waals surface area contributed by atoms with Gasteiger partial charge < -0.3 is 30.3 Å². The van der Waals surface area contributed by atoms with Crippen molar-refractivity contribution in [3.8, 4) is 5.75 Å². The van der Waals surface area contributed by atoms with Crippen LogP contribution in [0.25, 0.3) is 0 Å². The van der Waals surface area contributed by atoms with Crippen LogP contribution in [0.15, 0.2) is 36.7 Å². The first kappa shape index (κ1) is 22.8. The van der Waals surface area contributed by atoms with Gasteiger partial charge in [-0.05, 0) is 45.1 Å². The molecule has 0 bridgehead atoms. The van der Waals surface area contributed by atoms with Crippen molar-refractivity contribution in [1.82, 2.24) is 20.2 Å². The fourth-order valence-electron chi connectivity index (χ4n) is 3.53. The second-order valence-corrected chi connectivity index (χ2v) is 8.12. The van der Waals surface area contributed by atoms with Gasteiger partial charge in [0.05, 0.1) is 5.60 Å². The Labute approximate surface area is 183 Å². The largest absolute Gasteiger partial charge is 0.492 e. The number of piperidine rings is 1. The van der Waals surface area contributed by atoms with E-state index in [1.54, 1.807) is 25.2 Å². The summed E-state index contributed by atoms with van der Waals surface area (Å²) >= 11 is 0. The van der Waals surface area contributed by atoms with Gasteiger partial charge >= 0.3 is 0 Å². The Balaban J connectivity index is 1.57. The van der Waals surface area contributed by atoms with Crippen LogP contribution in [0.4, 0.5) is 11.6 Å². The lowest BCUT2D eigenvalue weighted by molar-refractivity contribution is 0.0254. The molecule has 1 aromatic heterocycles. The zero-order valence-corrected chi connectivity index (χ0v) is 18.5.